The summed E-state index contributed by atoms with van der Waals surface area (Å²) < 4.78 is 5.29. The average molecular weight is 350 g/mol. The molecule has 0 radical (unpaired) electrons. The predicted molar refractivity (Wildman–Crippen MR) is 105 cm³/mol. The van der Waals surface area contributed by atoms with Crippen LogP contribution in [-0.2, 0) is 13.1 Å². The second-order valence-corrected chi connectivity index (χ2v) is 6.70. The third kappa shape index (κ3) is 5.00. The quantitative estimate of drug-likeness (QED) is 0.624. The van der Waals surface area contributed by atoms with E-state index in [1.54, 1.807) is 7.11 Å². The predicted octanol–water partition coefficient (Wildman–Crippen LogP) is 3.20. The molecule has 3 rings (SSSR count). The summed E-state index contributed by atoms with van der Waals surface area (Å²) in [6.45, 7) is 3.58. The molecule has 5 heteroatoms. The average Bonchev–Trinajstić information content (AvgIpc) is 2.66. The van der Waals surface area contributed by atoms with E-state index in [4.69, 9.17) is 9.72 Å². The zero-order chi connectivity index (χ0) is 18.4. The number of fused-ring (bicyclic) bond motifs is 1. The van der Waals surface area contributed by atoms with Crippen LogP contribution in [0.1, 0.15) is 11.4 Å². The first kappa shape index (κ1) is 18.3. The topological polar surface area (TPSA) is 41.5 Å². The maximum Gasteiger partial charge on any atom is 0.119 e. The number of nitrogens with zero attached hydrogens (tertiary/aromatic N) is 4. The Bertz CT molecular complexity index is 836. The highest BCUT2D eigenvalue weighted by Crippen LogP contribution is 2.20. The Morgan fingerprint density at radius 2 is 1.77 bits per heavy atom. The Kier molecular flexibility index (Phi) is 6.15. The standard InChI is InChI=1S/C21H26N4O/c1-24(2)12-13-25(15-18-6-4-5-11-22-18)16-19-8-7-17-14-20(26-3)9-10-21(17)23-19/h4-11,14H,12-13,15-16H2,1-3H3. The van der Waals surface area contributed by atoms with E-state index < -0.39 is 0 Å². The first-order chi connectivity index (χ1) is 12.6. The van der Waals surface area contributed by atoms with Crippen LogP contribution in [0.25, 0.3) is 10.9 Å². The van der Waals surface area contributed by atoms with Gasteiger partial charge in [-0.2, -0.15) is 0 Å². The maximum absolute atomic E-state index is 5.29. The second-order valence-electron chi connectivity index (χ2n) is 6.70. The van der Waals surface area contributed by atoms with Gasteiger partial charge in [-0.25, -0.2) is 0 Å². The zero-order valence-electron chi connectivity index (χ0n) is 15.7. The van der Waals surface area contributed by atoms with Crippen LogP contribution >= 0.6 is 0 Å². The van der Waals surface area contributed by atoms with Crippen LogP contribution in [0.15, 0.2) is 54.7 Å². The van der Waals surface area contributed by atoms with Gasteiger partial charge >= 0.3 is 0 Å². The molecule has 0 aliphatic heterocycles. The molecule has 2 heterocycles. The lowest BCUT2D eigenvalue weighted by Gasteiger charge is -2.23. The summed E-state index contributed by atoms with van der Waals surface area (Å²) in [6, 6.07) is 16.3. The normalized spacial score (nSPS) is 11.4. The number of hydrogen-bond acceptors (Lipinski definition) is 5. The third-order valence-electron chi connectivity index (χ3n) is 4.31. The van der Waals surface area contributed by atoms with Gasteiger partial charge in [-0.05, 0) is 50.5 Å². The molecule has 3 aromatic rings. The Hall–Kier alpha value is -2.50. The number of aromatic nitrogens is 2. The number of rotatable bonds is 8. The van der Waals surface area contributed by atoms with E-state index in [1.165, 1.54) is 0 Å². The first-order valence-corrected chi connectivity index (χ1v) is 8.85. The van der Waals surface area contributed by atoms with Crippen molar-refractivity contribution in [3.05, 3.63) is 66.1 Å². The molecule has 0 amide bonds. The summed E-state index contributed by atoms with van der Waals surface area (Å²) >= 11 is 0. The Balaban J connectivity index is 1.77. The molecule has 0 spiro atoms. The summed E-state index contributed by atoms with van der Waals surface area (Å²) in [4.78, 5) is 13.9. The third-order valence-corrected chi connectivity index (χ3v) is 4.31. The van der Waals surface area contributed by atoms with Crippen molar-refractivity contribution in [3.8, 4) is 5.75 Å². The number of ether oxygens (including phenoxy) is 1. The Labute approximate surface area is 155 Å². The lowest BCUT2D eigenvalue weighted by molar-refractivity contribution is 0.222. The van der Waals surface area contributed by atoms with Crippen molar-refractivity contribution in [1.29, 1.82) is 0 Å². The molecule has 0 N–H and O–H groups in total. The van der Waals surface area contributed by atoms with Crippen molar-refractivity contribution in [2.24, 2.45) is 0 Å². The summed E-state index contributed by atoms with van der Waals surface area (Å²) in [5.41, 5.74) is 3.14. The number of likely N-dealkylation sites (N-methyl/N-ethyl adjacent to an activating group) is 1. The van der Waals surface area contributed by atoms with E-state index in [9.17, 15) is 0 Å². The van der Waals surface area contributed by atoms with Gasteiger partial charge in [0.1, 0.15) is 5.75 Å². The fourth-order valence-electron chi connectivity index (χ4n) is 2.87. The van der Waals surface area contributed by atoms with Crippen LogP contribution in [0.2, 0.25) is 0 Å². The van der Waals surface area contributed by atoms with Gasteiger partial charge < -0.3 is 9.64 Å². The van der Waals surface area contributed by atoms with Crippen molar-refractivity contribution in [2.75, 3.05) is 34.3 Å². The molecule has 0 atom stereocenters. The van der Waals surface area contributed by atoms with Crippen molar-refractivity contribution < 1.29 is 4.74 Å². The first-order valence-electron chi connectivity index (χ1n) is 8.85. The zero-order valence-corrected chi connectivity index (χ0v) is 15.7. The lowest BCUT2D eigenvalue weighted by atomic mass is 10.2. The van der Waals surface area contributed by atoms with Crippen molar-refractivity contribution in [1.82, 2.24) is 19.8 Å². The lowest BCUT2D eigenvalue weighted by Crippen LogP contribution is -2.31. The molecule has 136 valence electrons. The molecular formula is C21H26N4O. The van der Waals surface area contributed by atoms with Crippen LogP contribution in [0, 0.1) is 0 Å². The van der Waals surface area contributed by atoms with Gasteiger partial charge in [0.15, 0.2) is 0 Å². The van der Waals surface area contributed by atoms with Gasteiger partial charge in [-0.1, -0.05) is 12.1 Å². The fraction of sp³-hybridized carbons (Fsp3) is 0.333. The number of benzene rings is 1. The number of methoxy groups -OCH3 is 1. The summed E-state index contributed by atoms with van der Waals surface area (Å²) in [5, 5.41) is 1.10. The van der Waals surface area contributed by atoms with Gasteiger partial charge in [0, 0.05) is 37.8 Å². The minimum absolute atomic E-state index is 0.798. The molecule has 1 aromatic carbocycles. The number of hydrogen-bond donors (Lipinski definition) is 0. The van der Waals surface area contributed by atoms with Gasteiger partial charge in [-0.3, -0.25) is 14.9 Å². The minimum atomic E-state index is 0.798. The molecule has 0 fully saturated rings. The van der Waals surface area contributed by atoms with Crippen LogP contribution in [-0.4, -0.2) is 54.1 Å². The van der Waals surface area contributed by atoms with E-state index in [0.29, 0.717) is 0 Å². The highest BCUT2D eigenvalue weighted by molar-refractivity contribution is 5.80. The summed E-state index contributed by atoms with van der Waals surface area (Å²) in [5.74, 6) is 0.856. The monoisotopic (exact) mass is 350 g/mol. The second kappa shape index (κ2) is 8.74. The smallest absolute Gasteiger partial charge is 0.119 e. The minimum Gasteiger partial charge on any atom is -0.497 e. The van der Waals surface area contributed by atoms with Gasteiger partial charge in [0.2, 0.25) is 0 Å². The summed E-state index contributed by atoms with van der Waals surface area (Å²) in [7, 11) is 5.88. The van der Waals surface area contributed by atoms with Crippen LogP contribution in [0.5, 0.6) is 5.75 Å². The molecule has 0 saturated heterocycles. The van der Waals surface area contributed by atoms with Crippen LogP contribution in [0.4, 0.5) is 0 Å². The molecule has 0 unspecified atom stereocenters. The SMILES string of the molecule is COc1ccc2nc(CN(CCN(C)C)Cc3ccccn3)ccc2c1. The number of pyridine rings is 2. The highest BCUT2D eigenvalue weighted by Gasteiger charge is 2.10. The Morgan fingerprint density at radius 3 is 2.50 bits per heavy atom. The van der Waals surface area contributed by atoms with E-state index in [-0.39, 0.29) is 0 Å². The van der Waals surface area contributed by atoms with Crippen LogP contribution < -0.4 is 4.74 Å². The highest BCUT2D eigenvalue weighted by atomic mass is 16.5. The molecule has 26 heavy (non-hydrogen) atoms. The molecule has 5 nitrogen and oxygen atoms in total. The summed E-state index contributed by atoms with van der Waals surface area (Å²) in [6.07, 6.45) is 1.85. The molecule has 2 aromatic heterocycles. The van der Waals surface area contributed by atoms with E-state index in [1.807, 2.05) is 36.5 Å². The van der Waals surface area contributed by atoms with E-state index >= 15 is 0 Å². The Morgan fingerprint density at radius 1 is 0.923 bits per heavy atom. The van der Waals surface area contributed by atoms with Gasteiger partial charge in [0.25, 0.3) is 0 Å². The molecule has 0 bridgehead atoms. The molecule has 0 aliphatic rings. The van der Waals surface area contributed by atoms with Gasteiger partial charge in [0.05, 0.1) is 24.0 Å². The molecular weight excluding hydrogens is 324 g/mol. The molecule has 0 saturated carbocycles. The maximum atomic E-state index is 5.29. The largest absolute Gasteiger partial charge is 0.497 e. The van der Waals surface area contributed by atoms with E-state index in [2.05, 4.69) is 47.1 Å². The van der Waals surface area contributed by atoms with Crippen molar-refractivity contribution in [2.45, 2.75) is 13.1 Å². The van der Waals surface area contributed by atoms with Crippen LogP contribution in [0.3, 0.4) is 0 Å². The van der Waals surface area contributed by atoms with Crippen molar-refractivity contribution >= 4 is 10.9 Å². The fourth-order valence-corrected chi connectivity index (χ4v) is 2.87. The van der Waals surface area contributed by atoms with Crippen molar-refractivity contribution in [3.63, 3.8) is 0 Å². The van der Waals surface area contributed by atoms with E-state index in [0.717, 1.165) is 54.2 Å². The van der Waals surface area contributed by atoms with Gasteiger partial charge in [-0.15, -0.1) is 0 Å². The molecule has 0 aliphatic carbocycles.